The maximum absolute atomic E-state index is 13.8. The van der Waals surface area contributed by atoms with Gasteiger partial charge in [0, 0.05) is 85.7 Å². The second-order valence-electron chi connectivity index (χ2n) is 18.7. The largest absolute Gasteiger partial charge is 0.490 e. The van der Waals surface area contributed by atoms with Crippen molar-refractivity contribution in [3.05, 3.63) is 142 Å². The monoisotopic (exact) mass is 892 g/mol. The number of nitrogens with zero attached hydrogens (tertiary/aromatic N) is 5. The number of H-pyrrole nitrogens is 1. The third-order valence-corrected chi connectivity index (χ3v) is 14.7. The zero-order valence-electron chi connectivity index (χ0n) is 36.9. The summed E-state index contributed by atoms with van der Waals surface area (Å²) in [5.41, 5.74) is 12.3. The van der Waals surface area contributed by atoms with Gasteiger partial charge in [-0.25, -0.2) is 4.98 Å². The lowest BCUT2D eigenvalue weighted by molar-refractivity contribution is -0.384. The highest BCUT2D eigenvalue weighted by atomic mass is 32.2. The number of nitrogen functional groups attached to an aromatic ring is 1. The molecule has 2 aliphatic carbocycles. The van der Waals surface area contributed by atoms with Crippen LogP contribution in [-0.2, 0) is 6.54 Å². The second kappa shape index (κ2) is 18.1. The van der Waals surface area contributed by atoms with Crippen LogP contribution >= 0.6 is 11.9 Å². The standard InChI is InChI=1S/C51H56N8O5S/c1-33(2)42-8-3-4-9-43(42)47-32-56(31-34-6-5-7-39(24-34)63-38-11-12-38)22-23-58(47)37-28-51(29-37)17-20-57(21-18-51)36-10-14-44(48(26-36)64-40-25-35-16-19-53-49(35)54-30-40)50(60)55-65-41-13-15-45(52)46(27-41)59(61)62/h3-10,13-16,19,24-27,30,33,37-38,47H,11-12,17-18,20-23,28-29,31-32,52H2,1-2H3,(H,53,54)(H,55,60). The van der Waals surface area contributed by atoms with Crippen LogP contribution in [0, 0.1) is 15.5 Å². The van der Waals surface area contributed by atoms with Crippen molar-refractivity contribution in [1.29, 1.82) is 0 Å². The third-order valence-electron chi connectivity index (χ3n) is 13.9. The van der Waals surface area contributed by atoms with Crippen LogP contribution in [0.5, 0.6) is 17.2 Å². The molecule has 4 fully saturated rings. The van der Waals surface area contributed by atoms with Crippen molar-refractivity contribution in [3.8, 4) is 17.2 Å². The molecule has 4 aromatic carbocycles. The van der Waals surface area contributed by atoms with E-state index in [1.165, 1.54) is 41.7 Å². The van der Waals surface area contributed by atoms with Gasteiger partial charge in [0.15, 0.2) is 0 Å². The molecule has 0 bridgehead atoms. The number of carbonyl (C=O) groups excluding carboxylic acids is 1. The Balaban J connectivity index is 0.824. The van der Waals surface area contributed by atoms with Gasteiger partial charge in [-0.15, -0.1) is 0 Å². The van der Waals surface area contributed by atoms with Crippen LogP contribution in [-0.4, -0.2) is 75.5 Å². The first-order valence-electron chi connectivity index (χ1n) is 22.9. The van der Waals surface area contributed by atoms with Gasteiger partial charge in [-0.05, 0) is 127 Å². The van der Waals surface area contributed by atoms with E-state index in [0.29, 0.717) is 51.5 Å². The number of anilines is 2. The number of amides is 1. The first kappa shape index (κ1) is 42.8. The lowest BCUT2D eigenvalue weighted by Gasteiger charge is -2.58. The van der Waals surface area contributed by atoms with Crippen LogP contribution in [0.1, 0.15) is 91.4 Å². The predicted octanol–water partition coefficient (Wildman–Crippen LogP) is 10.3. The van der Waals surface area contributed by atoms with Gasteiger partial charge >= 0.3 is 0 Å². The number of aromatic nitrogens is 2. The van der Waals surface area contributed by atoms with Crippen molar-refractivity contribution in [2.75, 3.05) is 43.4 Å². The van der Waals surface area contributed by atoms with Gasteiger partial charge in [-0.3, -0.25) is 29.4 Å². The molecule has 65 heavy (non-hydrogen) atoms. The molecule has 1 unspecified atom stereocenters. The summed E-state index contributed by atoms with van der Waals surface area (Å²) < 4.78 is 15.4. The summed E-state index contributed by atoms with van der Waals surface area (Å²) in [7, 11) is 0. The fourth-order valence-corrected chi connectivity index (χ4v) is 10.8. The number of nitro benzene ring substituents is 1. The number of piperidine rings is 1. The average molecular weight is 893 g/mol. The molecule has 4 heterocycles. The molecule has 6 aromatic rings. The van der Waals surface area contributed by atoms with E-state index < -0.39 is 10.8 Å². The zero-order valence-corrected chi connectivity index (χ0v) is 37.8. The molecule has 0 radical (unpaired) electrons. The Labute approximate surface area is 384 Å². The molecule has 2 aromatic heterocycles. The molecule has 4 N–H and O–H groups in total. The molecule has 2 aliphatic heterocycles. The van der Waals surface area contributed by atoms with Crippen LogP contribution in [0.3, 0.4) is 0 Å². The highest BCUT2D eigenvalue weighted by molar-refractivity contribution is 7.98. The number of ether oxygens (including phenoxy) is 2. The number of nitrogens with two attached hydrogens (primary N) is 1. The molecule has 1 atom stereocenters. The minimum atomic E-state index is -0.536. The predicted molar refractivity (Wildman–Crippen MR) is 256 cm³/mol. The first-order valence-corrected chi connectivity index (χ1v) is 23.7. The summed E-state index contributed by atoms with van der Waals surface area (Å²) in [4.78, 5) is 40.7. The molecule has 1 spiro atoms. The summed E-state index contributed by atoms with van der Waals surface area (Å²) in [6.45, 7) is 10.5. The summed E-state index contributed by atoms with van der Waals surface area (Å²) in [6.07, 6.45) is 10.8. The number of nitro groups is 1. The Morgan fingerprint density at radius 1 is 0.969 bits per heavy atom. The van der Waals surface area contributed by atoms with Crippen LogP contribution < -0.4 is 24.8 Å². The Morgan fingerprint density at radius 2 is 1.80 bits per heavy atom. The fourth-order valence-electron chi connectivity index (χ4n) is 10.2. The number of fused-ring (bicyclic) bond motifs is 1. The van der Waals surface area contributed by atoms with Crippen LogP contribution in [0.15, 0.2) is 114 Å². The van der Waals surface area contributed by atoms with Crippen molar-refractivity contribution in [2.45, 2.75) is 87.9 Å². The lowest BCUT2D eigenvalue weighted by Crippen LogP contribution is -2.60. The number of hydrogen-bond donors (Lipinski definition) is 3. The Kier molecular flexibility index (Phi) is 11.9. The van der Waals surface area contributed by atoms with E-state index in [4.69, 9.17) is 15.2 Å². The Morgan fingerprint density at radius 3 is 2.60 bits per heavy atom. The Hall–Kier alpha value is -6.09. The van der Waals surface area contributed by atoms with Gasteiger partial charge in [-0.2, -0.15) is 0 Å². The topological polar surface area (TPSA) is 155 Å². The van der Waals surface area contributed by atoms with Gasteiger partial charge in [-0.1, -0.05) is 50.2 Å². The molecule has 13 nitrogen and oxygen atoms in total. The third kappa shape index (κ3) is 9.38. The molecular formula is C51H56N8O5S. The molecule has 2 saturated carbocycles. The van der Waals surface area contributed by atoms with E-state index in [9.17, 15) is 14.9 Å². The van der Waals surface area contributed by atoms with E-state index in [1.54, 1.807) is 18.3 Å². The van der Waals surface area contributed by atoms with Crippen LogP contribution in [0.4, 0.5) is 17.1 Å². The minimum absolute atomic E-state index is 0.0596. The van der Waals surface area contributed by atoms with Crippen molar-refractivity contribution in [2.24, 2.45) is 5.41 Å². The Bertz CT molecular complexity index is 2700. The van der Waals surface area contributed by atoms with Gasteiger partial charge in [0.1, 0.15) is 28.6 Å². The molecule has 1 amide bonds. The quantitative estimate of drug-likeness (QED) is 0.0414. The number of carbonyl (C=O) groups is 1. The summed E-state index contributed by atoms with van der Waals surface area (Å²) in [5, 5.41) is 12.4. The van der Waals surface area contributed by atoms with Crippen molar-refractivity contribution in [1.82, 2.24) is 24.5 Å². The summed E-state index contributed by atoms with van der Waals surface area (Å²) in [5.74, 6) is 1.95. The van der Waals surface area contributed by atoms with Gasteiger partial charge in [0.25, 0.3) is 11.6 Å². The number of benzene rings is 4. The highest BCUT2D eigenvalue weighted by Gasteiger charge is 2.50. The van der Waals surface area contributed by atoms with E-state index in [1.807, 2.05) is 30.5 Å². The molecule has 10 rings (SSSR count). The number of aromatic amines is 1. The van der Waals surface area contributed by atoms with Gasteiger partial charge < -0.3 is 25.1 Å². The van der Waals surface area contributed by atoms with Crippen molar-refractivity contribution >= 4 is 46.0 Å². The molecule has 336 valence electrons. The van der Waals surface area contributed by atoms with Crippen molar-refractivity contribution in [3.63, 3.8) is 0 Å². The number of hydrogen-bond acceptors (Lipinski definition) is 11. The molecule has 2 saturated heterocycles. The van der Waals surface area contributed by atoms with Crippen LogP contribution in [0.2, 0.25) is 0 Å². The van der Waals surface area contributed by atoms with E-state index in [0.717, 1.165) is 99.4 Å². The molecular weight excluding hydrogens is 837 g/mol. The SMILES string of the molecule is CC(C)c1ccccc1C1CN(Cc2cccc(OC3CC3)c2)CCN1C1CC2(CCN(c3ccc(C(=O)NSc4ccc(N)c([N+](=O)[O-])c4)c(Oc4cnc5[nH]ccc5c4)c3)CC2)C1. The maximum atomic E-state index is 13.8. The normalized spacial score (nSPS) is 19.1. The second-order valence-corrected chi connectivity index (χ2v) is 19.5. The van der Waals surface area contributed by atoms with Crippen molar-refractivity contribution < 1.29 is 19.2 Å². The highest BCUT2D eigenvalue weighted by Crippen LogP contribution is 2.53. The number of rotatable bonds is 14. The number of pyridine rings is 1. The van der Waals surface area contributed by atoms with E-state index in [-0.39, 0.29) is 11.4 Å². The molecule has 14 heteroatoms. The number of nitrogens with one attached hydrogen (secondary N) is 2. The lowest BCUT2D eigenvalue weighted by atomic mass is 9.59. The minimum Gasteiger partial charge on any atom is -0.490 e. The van der Waals surface area contributed by atoms with E-state index in [2.05, 4.69) is 91.8 Å². The average Bonchev–Trinajstić information content (AvgIpc) is 4.00. The molecule has 4 aliphatic rings. The van der Waals surface area contributed by atoms with E-state index >= 15 is 0 Å². The summed E-state index contributed by atoms with van der Waals surface area (Å²) >= 11 is 0.985. The summed E-state index contributed by atoms with van der Waals surface area (Å²) in [6, 6.07) is 32.7. The fraction of sp³-hybridized carbons (Fsp3) is 0.373. The smallest absolute Gasteiger partial charge is 0.293 e. The first-order chi connectivity index (χ1) is 31.6. The number of piperazine rings is 1. The van der Waals surface area contributed by atoms with Crippen LogP contribution in [0.25, 0.3) is 11.0 Å². The van der Waals surface area contributed by atoms with Gasteiger partial charge in [0.05, 0.1) is 22.8 Å². The maximum Gasteiger partial charge on any atom is 0.293 e. The van der Waals surface area contributed by atoms with Gasteiger partial charge in [0.2, 0.25) is 0 Å². The zero-order chi connectivity index (χ0) is 44.7.